The Bertz CT molecular complexity index is 273. The summed E-state index contributed by atoms with van der Waals surface area (Å²) in [6, 6.07) is -0.299. The minimum atomic E-state index is -0.558. The standard InChI is InChI=1S/C14H28N2O2/c1-14(2,3)10-7-5-6-8-12(10)16-13(17)11(15)9-18-4/h10-12H,5-9,15H2,1-4H3,(H,16,17). The maximum atomic E-state index is 12.0. The lowest BCUT2D eigenvalue weighted by atomic mass is 9.69. The second-order valence-corrected chi connectivity index (χ2v) is 6.43. The first-order valence-electron chi connectivity index (χ1n) is 6.91. The van der Waals surface area contributed by atoms with Crippen molar-refractivity contribution in [3.8, 4) is 0 Å². The molecule has 18 heavy (non-hydrogen) atoms. The van der Waals surface area contributed by atoms with Gasteiger partial charge in [-0.05, 0) is 24.2 Å². The molecule has 0 aliphatic heterocycles. The Morgan fingerprint density at radius 3 is 2.56 bits per heavy atom. The third-order valence-electron chi connectivity index (χ3n) is 3.89. The molecule has 1 saturated carbocycles. The average Bonchev–Trinajstić information content (AvgIpc) is 2.28. The number of hydrogen-bond donors (Lipinski definition) is 2. The lowest BCUT2D eigenvalue weighted by molar-refractivity contribution is -0.125. The van der Waals surface area contributed by atoms with E-state index >= 15 is 0 Å². The smallest absolute Gasteiger partial charge is 0.239 e. The first kappa shape index (κ1) is 15.4. The quantitative estimate of drug-likeness (QED) is 0.804. The van der Waals surface area contributed by atoms with Crippen molar-refractivity contribution in [2.45, 2.75) is 58.5 Å². The number of carbonyl (C=O) groups is 1. The zero-order chi connectivity index (χ0) is 13.8. The molecule has 1 aliphatic rings. The fourth-order valence-electron chi connectivity index (χ4n) is 2.89. The maximum absolute atomic E-state index is 12.0. The first-order chi connectivity index (χ1) is 8.36. The lowest BCUT2D eigenvalue weighted by Crippen LogP contribution is -2.52. The van der Waals surface area contributed by atoms with Crippen molar-refractivity contribution in [2.75, 3.05) is 13.7 Å². The van der Waals surface area contributed by atoms with Gasteiger partial charge in [-0.2, -0.15) is 0 Å². The summed E-state index contributed by atoms with van der Waals surface area (Å²) in [5.74, 6) is 0.447. The van der Waals surface area contributed by atoms with E-state index in [2.05, 4.69) is 26.1 Å². The average molecular weight is 256 g/mol. The molecule has 0 saturated heterocycles. The van der Waals surface area contributed by atoms with Crippen LogP contribution in [0.5, 0.6) is 0 Å². The maximum Gasteiger partial charge on any atom is 0.239 e. The van der Waals surface area contributed by atoms with Gasteiger partial charge in [-0.1, -0.05) is 33.6 Å². The van der Waals surface area contributed by atoms with Crippen LogP contribution < -0.4 is 11.1 Å². The fraction of sp³-hybridized carbons (Fsp3) is 0.929. The zero-order valence-corrected chi connectivity index (χ0v) is 12.2. The Morgan fingerprint density at radius 1 is 1.39 bits per heavy atom. The molecule has 4 nitrogen and oxygen atoms in total. The summed E-state index contributed by atoms with van der Waals surface area (Å²) in [7, 11) is 1.56. The van der Waals surface area contributed by atoms with Crippen LogP contribution in [0.3, 0.4) is 0 Å². The third-order valence-corrected chi connectivity index (χ3v) is 3.89. The van der Waals surface area contributed by atoms with Gasteiger partial charge in [0.15, 0.2) is 0 Å². The van der Waals surface area contributed by atoms with Crippen LogP contribution in [0.15, 0.2) is 0 Å². The molecule has 1 fully saturated rings. The van der Waals surface area contributed by atoms with Crippen molar-refractivity contribution < 1.29 is 9.53 Å². The number of carbonyl (C=O) groups excluding carboxylic acids is 1. The molecule has 1 amide bonds. The molecule has 3 unspecified atom stereocenters. The molecule has 106 valence electrons. The monoisotopic (exact) mass is 256 g/mol. The van der Waals surface area contributed by atoms with E-state index in [1.54, 1.807) is 7.11 Å². The van der Waals surface area contributed by atoms with E-state index in [4.69, 9.17) is 10.5 Å². The molecule has 0 spiro atoms. The molecule has 0 bridgehead atoms. The second-order valence-electron chi connectivity index (χ2n) is 6.43. The van der Waals surface area contributed by atoms with Gasteiger partial charge in [-0.15, -0.1) is 0 Å². The van der Waals surface area contributed by atoms with Crippen LogP contribution in [-0.2, 0) is 9.53 Å². The molecule has 0 heterocycles. The van der Waals surface area contributed by atoms with Crippen LogP contribution in [0.4, 0.5) is 0 Å². The van der Waals surface area contributed by atoms with Crippen LogP contribution in [-0.4, -0.2) is 31.7 Å². The number of nitrogens with one attached hydrogen (secondary N) is 1. The summed E-state index contributed by atoms with van der Waals surface area (Å²) in [6.07, 6.45) is 4.71. The summed E-state index contributed by atoms with van der Waals surface area (Å²) < 4.78 is 4.92. The summed E-state index contributed by atoms with van der Waals surface area (Å²) in [6.45, 7) is 7.02. The number of hydrogen-bond acceptors (Lipinski definition) is 3. The predicted molar refractivity (Wildman–Crippen MR) is 73.2 cm³/mol. The van der Waals surface area contributed by atoms with E-state index in [1.807, 2.05) is 0 Å². The molecule has 0 aromatic heterocycles. The molecule has 0 radical (unpaired) electrons. The summed E-state index contributed by atoms with van der Waals surface area (Å²) >= 11 is 0. The van der Waals surface area contributed by atoms with E-state index in [0.29, 0.717) is 5.92 Å². The SMILES string of the molecule is COCC(N)C(=O)NC1CCCCC1C(C)(C)C. The Kier molecular flexibility index (Phi) is 5.60. The zero-order valence-electron chi connectivity index (χ0n) is 12.2. The van der Waals surface area contributed by atoms with Crippen molar-refractivity contribution in [3.63, 3.8) is 0 Å². The van der Waals surface area contributed by atoms with E-state index < -0.39 is 6.04 Å². The molecular weight excluding hydrogens is 228 g/mol. The lowest BCUT2D eigenvalue weighted by Gasteiger charge is -2.41. The molecule has 4 heteroatoms. The largest absolute Gasteiger partial charge is 0.383 e. The van der Waals surface area contributed by atoms with E-state index in [-0.39, 0.29) is 24.0 Å². The molecule has 3 N–H and O–H groups in total. The van der Waals surface area contributed by atoms with Gasteiger partial charge in [-0.3, -0.25) is 4.79 Å². The van der Waals surface area contributed by atoms with E-state index in [0.717, 1.165) is 6.42 Å². The summed E-state index contributed by atoms with van der Waals surface area (Å²) in [5, 5.41) is 3.12. The van der Waals surface area contributed by atoms with Gasteiger partial charge in [-0.25, -0.2) is 0 Å². The van der Waals surface area contributed by atoms with Crippen molar-refractivity contribution in [1.82, 2.24) is 5.32 Å². The topological polar surface area (TPSA) is 64.3 Å². The number of ether oxygens (including phenoxy) is 1. The molecule has 1 rings (SSSR count). The number of methoxy groups -OCH3 is 1. The summed E-state index contributed by atoms with van der Waals surface area (Å²) in [5.41, 5.74) is 5.99. The van der Waals surface area contributed by atoms with Gasteiger partial charge in [0.1, 0.15) is 6.04 Å². The Balaban J connectivity index is 2.60. The van der Waals surface area contributed by atoms with Gasteiger partial charge in [0, 0.05) is 13.2 Å². The second kappa shape index (κ2) is 6.53. The van der Waals surface area contributed by atoms with Crippen molar-refractivity contribution in [3.05, 3.63) is 0 Å². The van der Waals surface area contributed by atoms with Gasteiger partial charge in [0.2, 0.25) is 5.91 Å². The van der Waals surface area contributed by atoms with Gasteiger partial charge in [0.25, 0.3) is 0 Å². The number of rotatable bonds is 4. The Hall–Kier alpha value is -0.610. The normalized spacial score (nSPS) is 26.7. The van der Waals surface area contributed by atoms with Crippen molar-refractivity contribution >= 4 is 5.91 Å². The molecule has 0 aromatic carbocycles. The highest BCUT2D eigenvalue weighted by atomic mass is 16.5. The number of amides is 1. The highest BCUT2D eigenvalue weighted by molar-refractivity contribution is 5.81. The Labute approximate surface area is 111 Å². The van der Waals surface area contributed by atoms with Gasteiger partial charge in [0.05, 0.1) is 6.61 Å². The van der Waals surface area contributed by atoms with Crippen LogP contribution >= 0.6 is 0 Å². The minimum absolute atomic E-state index is 0.0852. The van der Waals surface area contributed by atoms with E-state index in [9.17, 15) is 4.79 Å². The fourth-order valence-corrected chi connectivity index (χ4v) is 2.89. The highest BCUT2D eigenvalue weighted by Gasteiger charge is 2.35. The van der Waals surface area contributed by atoms with Crippen LogP contribution in [0.25, 0.3) is 0 Å². The molecule has 3 atom stereocenters. The van der Waals surface area contributed by atoms with Crippen LogP contribution in [0.2, 0.25) is 0 Å². The molecule has 0 aromatic rings. The van der Waals surface area contributed by atoms with Crippen LogP contribution in [0.1, 0.15) is 46.5 Å². The predicted octanol–water partition coefficient (Wildman–Crippen LogP) is 1.68. The van der Waals surface area contributed by atoms with Gasteiger partial charge >= 0.3 is 0 Å². The van der Waals surface area contributed by atoms with Crippen LogP contribution in [0, 0.1) is 11.3 Å². The van der Waals surface area contributed by atoms with Gasteiger partial charge < -0.3 is 15.8 Å². The van der Waals surface area contributed by atoms with Crippen molar-refractivity contribution in [1.29, 1.82) is 0 Å². The molecular formula is C14H28N2O2. The number of nitrogens with two attached hydrogens (primary N) is 1. The van der Waals surface area contributed by atoms with E-state index in [1.165, 1.54) is 19.3 Å². The summed E-state index contributed by atoms with van der Waals surface area (Å²) in [4.78, 5) is 12.0. The minimum Gasteiger partial charge on any atom is -0.383 e. The Morgan fingerprint density at radius 2 is 2.00 bits per heavy atom. The molecule has 1 aliphatic carbocycles. The third kappa shape index (κ3) is 4.25. The first-order valence-corrected chi connectivity index (χ1v) is 6.91. The highest BCUT2D eigenvalue weighted by Crippen LogP contribution is 2.37. The van der Waals surface area contributed by atoms with Crippen molar-refractivity contribution in [2.24, 2.45) is 17.1 Å².